The van der Waals surface area contributed by atoms with Crippen LogP contribution in [0.4, 0.5) is 8.78 Å². The van der Waals surface area contributed by atoms with Crippen molar-refractivity contribution >= 4 is 35.0 Å². The van der Waals surface area contributed by atoms with E-state index in [4.69, 9.17) is 23.2 Å². The third-order valence-electron chi connectivity index (χ3n) is 2.48. The van der Waals surface area contributed by atoms with Crippen molar-refractivity contribution in [2.75, 3.05) is 0 Å². The van der Waals surface area contributed by atoms with E-state index in [0.29, 0.717) is 11.1 Å². The van der Waals surface area contributed by atoms with E-state index in [1.54, 1.807) is 6.92 Å². The van der Waals surface area contributed by atoms with Crippen molar-refractivity contribution in [3.05, 3.63) is 34.2 Å². The van der Waals surface area contributed by atoms with E-state index in [0.717, 1.165) is 0 Å². The van der Waals surface area contributed by atoms with Gasteiger partial charge in [0.05, 0.1) is 5.92 Å². The molecule has 0 spiro atoms. The molecule has 1 aliphatic heterocycles. The lowest BCUT2D eigenvalue weighted by molar-refractivity contribution is 0.125. The monoisotopic (exact) mass is 304 g/mol. The van der Waals surface area contributed by atoms with Crippen LogP contribution in [0.5, 0.6) is 0 Å². The average Bonchev–Trinajstić information content (AvgIpc) is 2.49. The van der Waals surface area contributed by atoms with Gasteiger partial charge in [0.2, 0.25) is 17.0 Å². The fourth-order valence-electron chi connectivity index (χ4n) is 1.55. The highest BCUT2D eigenvalue weighted by Crippen LogP contribution is 2.25. The van der Waals surface area contributed by atoms with Crippen molar-refractivity contribution in [2.45, 2.75) is 13.3 Å². The summed E-state index contributed by atoms with van der Waals surface area (Å²) in [6.45, 7) is 1.59. The van der Waals surface area contributed by atoms with Crippen molar-refractivity contribution in [3.63, 3.8) is 0 Å². The van der Waals surface area contributed by atoms with Crippen LogP contribution in [-0.4, -0.2) is 27.6 Å². The standard InChI is InChI=1S/C11H8Cl2F2N4/c1-5-2-6(3-16-4-7(5)8(14)15)9-17-10(12)19-11(13)18-9/h2-4,7-8H,1H3. The molecule has 1 aromatic rings. The van der Waals surface area contributed by atoms with E-state index in [-0.39, 0.29) is 16.4 Å². The molecule has 0 amide bonds. The Morgan fingerprint density at radius 3 is 2.37 bits per heavy atom. The van der Waals surface area contributed by atoms with Crippen LogP contribution in [0.2, 0.25) is 10.6 Å². The molecule has 0 saturated heterocycles. The van der Waals surface area contributed by atoms with Gasteiger partial charge < -0.3 is 0 Å². The first-order valence-corrected chi connectivity index (χ1v) is 6.00. The third-order valence-corrected chi connectivity index (χ3v) is 2.82. The second-order valence-electron chi connectivity index (χ2n) is 3.83. The summed E-state index contributed by atoms with van der Waals surface area (Å²) in [5.41, 5.74) is 0.901. The van der Waals surface area contributed by atoms with Gasteiger partial charge in [-0.25, -0.2) is 8.78 Å². The van der Waals surface area contributed by atoms with E-state index in [2.05, 4.69) is 19.9 Å². The lowest BCUT2D eigenvalue weighted by atomic mass is 10.0. The zero-order valence-corrected chi connectivity index (χ0v) is 11.2. The van der Waals surface area contributed by atoms with Crippen molar-refractivity contribution in [3.8, 4) is 0 Å². The first-order valence-electron chi connectivity index (χ1n) is 5.24. The molecule has 1 unspecified atom stereocenters. The van der Waals surface area contributed by atoms with Gasteiger partial charge in [0.15, 0.2) is 5.82 Å². The number of aromatic nitrogens is 3. The van der Waals surface area contributed by atoms with Crippen LogP contribution in [0.1, 0.15) is 12.7 Å². The van der Waals surface area contributed by atoms with E-state index >= 15 is 0 Å². The number of alkyl halides is 2. The van der Waals surface area contributed by atoms with Crippen LogP contribution in [0.15, 0.2) is 22.8 Å². The molecule has 100 valence electrons. The molecule has 0 saturated carbocycles. The maximum Gasteiger partial charge on any atom is 0.250 e. The summed E-state index contributed by atoms with van der Waals surface area (Å²) >= 11 is 11.3. The SMILES string of the molecule is CC1=CC(c2nc(Cl)nc(Cl)n2)=CN=CC1C(F)F. The van der Waals surface area contributed by atoms with E-state index in [1.165, 1.54) is 18.5 Å². The molecule has 0 radical (unpaired) electrons. The minimum Gasteiger partial charge on any atom is -0.267 e. The molecule has 2 heterocycles. The molecule has 0 fully saturated rings. The Balaban J connectivity index is 2.41. The van der Waals surface area contributed by atoms with Gasteiger partial charge >= 0.3 is 0 Å². The Morgan fingerprint density at radius 2 is 1.79 bits per heavy atom. The molecule has 8 heteroatoms. The molecule has 1 atom stereocenters. The highest BCUT2D eigenvalue weighted by atomic mass is 35.5. The fourth-order valence-corrected chi connectivity index (χ4v) is 1.92. The normalized spacial score (nSPS) is 19.2. The quantitative estimate of drug-likeness (QED) is 0.841. The van der Waals surface area contributed by atoms with E-state index in [9.17, 15) is 8.78 Å². The van der Waals surface area contributed by atoms with Crippen LogP contribution in [0.3, 0.4) is 0 Å². The summed E-state index contributed by atoms with van der Waals surface area (Å²) in [6.07, 6.45) is 1.59. The maximum absolute atomic E-state index is 12.8. The highest BCUT2D eigenvalue weighted by molar-refractivity contribution is 6.31. The summed E-state index contributed by atoms with van der Waals surface area (Å²) in [4.78, 5) is 15.2. The summed E-state index contributed by atoms with van der Waals surface area (Å²) in [6, 6.07) is 0. The first-order chi connectivity index (χ1) is 8.97. The summed E-state index contributed by atoms with van der Waals surface area (Å²) in [7, 11) is 0. The zero-order chi connectivity index (χ0) is 14.0. The smallest absolute Gasteiger partial charge is 0.250 e. The Bertz CT molecular complexity index is 564. The van der Waals surface area contributed by atoms with Gasteiger partial charge in [-0.2, -0.15) is 15.0 Å². The lowest BCUT2D eigenvalue weighted by Crippen LogP contribution is -2.13. The van der Waals surface area contributed by atoms with Gasteiger partial charge in [-0.05, 0) is 36.2 Å². The minimum atomic E-state index is -2.52. The van der Waals surface area contributed by atoms with Crippen LogP contribution in [-0.2, 0) is 0 Å². The highest BCUT2D eigenvalue weighted by Gasteiger charge is 2.22. The Kier molecular flexibility index (Phi) is 4.21. The molecule has 0 bridgehead atoms. The van der Waals surface area contributed by atoms with Crippen LogP contribution in [0.25, 0.3) is 5.57 Å². The number of rotatable bonds is 2. The molecular formula is C11H8Cl2F2N4. The first kappa shape index (κ1) is 14.0. The molecule has 0 aromatic carbocycles. The number of aliphatic imine (C=N–C) groups is 1. The summed E-state index contributed by atoms with van der Waals surface area (Å²) in [5.74, 6) is -0.835. The third kappa shape index (κ3) is 3.33. The van der Waals surface area contributed by atoms with Crippen LogP contribution < -0.4 is 0 Å². The molecule has 0 aliphatic carbocycles. The molecule has 19 heavy (non-hydrogen) atoms. The predicted molar refractivity (Wildman–Crippen MR) is 69.6 cm³/mol. The van der Waals surface area contributed by atoms with Crippen molar-refractivity contribution in [2.24, 2.45) is 10.9 Å². The Hall–Kier alpha value is -1.40. The molecule has 0 N–H and O–H groups in total. The zero-order valence-electron chi connectivity index (χ0n) is 9.69. The maximum atomic E-state index is 12.8. The molecule has 2 rings (SSSR count). The van der Waals surface area contributed by atoms with Gasteiger partial charge in [-0.3, -0.25) is 4.99 Å². The molecular weight excluding hydrogens is 297 g/mol. The van der Waals surface area contributed by atoms with Crippen molar-refractivity contribution in [1.82, 2.24) is 15.0 Å². The number of allylic oxidation sites excluding steroid dienone is 3. The Morgan fingerprint density at radius 1 is 1.16 bits per heavy atom. The van der Waals surface area contributed by atoms with Crippen LogP contribution >= 0.6 is 23.2 Å². The average molecular weight is 305 g/mol. The van der Waals surface area contributed by atoms with Gasteiger partial charge in [-0.1, -0.05) is 5.57 Å². The van der Waals surface area contributed by atoms with Crippen molar-refractivity contribution in [1.29, 1.82) is 0 Å². The van der Waals surface area contributed by atoms with Gasteiger partial charge in [0.1, 0.15) is 0 Å². The second-order valence-corrected chi connectivity index (χ2v) is 4.50. The predicted octanol–water partition coefficient (Wildman–Crippen LogP) is 3.43. The van der Waals surface area contributed by atoms with Crippen molar-refractivity contribution < 1.29 is 8.78 Å². The van der Waals surface area contributed by atoms with Crippen LogP contribution in [0, 0.1) is 5.92 Å². The van der Waals surface area contributed by atoms with E-state index < -0.39 is 12.3 Å². The largest absolute Gasteiger partial charge is 0.267 e. The topological polar surface area (TPSA) is 51.0 Å². The number of nitrogens with zero attached hydrogens (tertiary/aromatic N) is 4. The number of halogens is 4. The minimum absolute atomic E-state index is 0.0689. The second kappa shape index (κ2) is 5.71. The number of hydrogen-bond donors (Lipinski definition) is 0. The van der Waals surface area contributed by atoms with E-state index in [1.807, 2.05) is 0 Å². The Labute approximate surface area is 117 Å². The fraction of sp³-hybridized carbons (Fsp3) is 0.273. The molecule has 1 aromatic heterocycles. The number of hydrogen-bond acceptors (Lipinski definition) is 4. The summed E-state index contributed by atoms with van der Waals surface area (Å²) in [5, 5.41) is -0.138. The summed E-state index contributed by atoms with van der Waals surface area (Å²) < 4.78 is 25.5. The van der Waals surface area contributed by atoms with Gasteiger partial charge in [-0.15, -0.1) is 0 Å². The molecule has 1 aliphatic rings. The lowest BCUT2D eigenvalue weighted by Gasteiger charge is -2.10. The van der Waals surface area contributed by atoms with Gasteiger partial charge in [0.25, 0.3) is 0 Å². The molecule has 4 nitrogen and oxygen atoms in total. The van der Waals surface area contributed by atoms with Gasteiger partial charge in [0, 0.05) is 18.0 Å².